The zero-order chi connectivity index (χ0) is 13.7. The third-order valence-electron chi connectivity index (χ3n) is 3.04. The number of carbonyl (C=O) groups is 1. The molecule has 0 bridgehead atoms. The van der Waals surface area contributed by atoms with Gasteiger partial charge < -0.3 is 10.4 Å². The van der Waals surface area contributed by atoms with Crippen LogP contribution in [0, 0.1) is 0 Å². The number of hydrogen-bond acceptors (Lipinski definition) is 2. The molecular formula is C16H17NO2. The van der Waals surface area contributed by atoms with Crippen LogP contribution in [0.15, 0.2) is 48.5 Å². The van der Waals surface area contributed by atoms with Gasteiger partial charge >= 0.3 is 0 Å². The monoisotopic (exact) mass is 255 g/mol. The van der Waals surface area contributed by atoms with Gasteiger partial charge in [0.25, 0.3) is 0 Å². The van der Waals surface area contributed by atoms with Gasteiger partial charge in [-0.2, -0.15) is 0 Å². The van der Waals surface area contributed by atoms with Crippen molar-refractivity contribution in [3.63, 3.8) is 0 Å². The smallest absolute Gasteiger partial charge is 0.217 e. The number of carbonyl (C=O) groups excluding carboxylic acids is 1. The summed E-state index contributed by atoms with van der Waals surface area (Å²) in [6.07, 6.45) is 0. The highest BCUT2D eigenvalue weighted by atomic mass is 16.3. The van der Waals surface area contributed by atoms with Crippen LogP contribution in [0.3, 0.4) is 0 Å². The van der Waals surface area contributed by atoms with Gasteiger partial charge in [0.1, 0.15) is 0 Å². The Balaban J connectivity index is 2.39. The minimum Gasteiger partial charge on any atom is -0.392 e. The van der Waals surface area contributed by atoms with Crippen molar-refractivity contribution in [2.45, 2.75) is 20.1 Å². The Labute approximate surface area is 112 Å². The molecule has 2 aromatic carbocycles. The standard InChI is InChI=1S/C16H17NO2/c1-12(19)17-10-14-8-5-9-15(16(14)11-18)13-6-3-2-4-7-13/h2-9,18H,10-11H2,1H3,(H,17,19). The average Bonchev–Trinajstić information content (AvgIpc) is 2.45. The van der Waals surface area contributed by atoms with Crippen LogP contribution in [-0.4, -0.2) is 11.0 Å². The van der Waals surface area contributed by atoms with Crippen LogP contribution >= 0.6 is 0 Å². The second-order valence-electron chi connectivity index (χ2n) is 4.38. The summed E-state index contributed by atoms with van der Waals surface area (Å²) in [5.74, 6) is -0.0750. The average molecular weight is 255 g/mol. The Bertz CT molecular complexity index is 564. The third kappa shape index (κ3) is 3.20. The molecule has 0 saturated carbocycles. The van der Waals surface area contributed by atoms with E-state index < -0.39 is 0 Å². The first-order valence-corrected chi connectivity index (χ1v) is 6.24. The van der Waals surface area contributed by atoms with Crippen LogP contribution in [0.5, 0.6) is 0 Å². The van der Waals surface area contributed by atoms with E-state index in [0.717, 1.165) is 22.3 Å². The SMILES string of the molecule is CC(=O)NCc1cccc(-c2ccccc2)c1CO. The minimum absolute atomic E-state index is 0.0417. The van der Waals surface area contributed by atoms with Gasteiger partial charge in [0.05, 0.1) is 6.61 Å². The number of hydrogen-bond donors (Lipinski definition) is 2. The molecular weight excluding hydrogens is 238 g/mol. The van der Waals surface area contributed by atoms with E-state index in [9.17, 15) is 9.90 Å². The minimum atomic E-state index is -0.0750. The van der Waals surface area contributed by atoms with Crippen molar-refractivity contribution in [3.05, 3.63) is 59.7 Å². The summed E-state index contributed by atoms with van der Waals surface area (Å²) in [4.78, 5) is 11.0. The molecule has 19 heavy (non-hydrogen) atoms. The molecule has 0 aliphatic rings. The lowest BCUT2D eigenvalue weighted by molar-refractivity contribution is -0.119. The fourth-order valence-corrected chi connectivity index (χ4v) is 2.09. The van der Waals surface area contributed by atoms with Crippen LogP contribution in [0.2, 0.25) is 0 Å². The van der Waals surface area contributed by atoms with Crippen molar-refractivity contribution in [1.82, 2.24) is 5.32 Å². The molecule has 1 amide bonds. The molecule has 98 valence electrons. The van der Waals surface area contributed by atoms with Gasteiger partial charge in [0.15, 0.2) is 0 Å². The Morgan fingerprint density at radius 2 is 1.84 bits per heavy atom. The van der Waals surface area contributed by atoms with Crippen molar-refractivity contribution < 1.29 is 9.90 Å². The number of nitrogens with one attached hydrogen (secondary N) is 1. The first-order chi connectivity index (χ1) is 9.22. The van der Waals surface area contributed by atoms with Crippen molar-refractivity contribution >= 4 is 5.91 Å². The molecule has 3 nitrogen and oxygen atoms in total. The van der Waals surface area contributed by atoms with Crippen molar-refractivity contribution in [3.8, 4) is 11.1 Å². The normalized spacial score (nSPS) is 10.2. The largest absolute Gasteiger partial charge is 0.392 e. The number of aliphatic hydroxyl groups excluding tert-OH is 1. The fraction of sp³-hybridized carbons (Fsp3) is 0.188. The maximum absolute atomic E-state index is 11.0. The highest BCUT2D eigenvalue weighted by Gasteiger charge is 2.09. The Hall–Kier alpha value is -2.13. The maximum atomic E-state index is 11.0. The highest BCUT2D eigenvalue weighted by molar-refractivity contribution is 5.73. The van der Waals surface area contributed by atoms with Gasteiger partial charge in [0, 0.05) is 13.5 Å². The summed E-state index contributed by atoms with van der Waals surface area (Å²) in [5, 5.41) is 12.4. The number of rotatable bonds is 4. The molecule has 0 aromatic heterocycles. The molecule has 0 atom stereocenters. The zero-order valence-corrected chi connectivity index (χ0v) is 10.9. The van der Waals surface area contributed by atoms with Gasteiger partial charge in [-0.25, -0.2) is 0 Å². The molecule has 0 heterocycles. The fourth-order valence-electron chi connectivity index (χ4n) is 2.09. The second kappa shape index (κ2) is 6.16. The zero-order valence-electron chi connectivity index (χ0n) is 10.9. The first-order valence-electron chi connectivity index (χ1n) is 6.24. The summed E-state index contributed by atoms with van der Waals surface area (Å²) in [6.45, 7) is 1.88. The molecule has 0 aliphatic carbocycles. The van der Waals surface area contributed by atoms with Crippen molar-refractivity contribution in [2.75, 3.05) is 0 Å². The van der Waals surface area contributed by atoms with E-state index in [2.05, 4.69) is 5.32 Å². The van der Waals surface area contributed by atoms with E-state index in [1.807, 2.05) is 48.5 Å². The summed E-state index contributed by atoms with van der Waals surface area (Å²) in [6, 6.07) is 15.8. The van der Waals surface area contributed by atoms with Gasteiger partial charge in [-0.3, -0.25) is 4.79 Å². The van der Waals surface area contributed by atoms with Gasteiger partial charge in [-0.15, -0.1) is 0 Å². The number of benzene rings is 2. The molecule has 0 saturated heterocycles. The number of amides is 1. The van der Waals surface area contributed by atoms with Gasteiger partial charge in [0.2, 0.25) is 5.91 Å². The molecule has 0 unspecified atom stereocenters. The maximum Gasteiger partial charge on any atom is 0.217 e. The van der Waals surface area contributed by atoms with Crippen molar-refractivity contribution in [1.29, 1.82) is 0 Å². The van der Waals surface area contributed by atoms with Crippen LogP contribution in [0.25, 0.3) is 11.1 Å². The summed E-state index contributed by atoms with van der Waals surface area (Å²) in [5.41, 5.74) is 3.88. The molecule has 3 heteroatoms. The first kappa shape index (κ1) is 13.3. The van der Waals surface area contributed by atoms with Crippen LogP contribution < -0.4 is 5.32 Å². The molecule has 0 aliphatic heterocycles. The summed E-state index contributed by atoms with van der Waals surface area (Å²) < 4.78 is 0. The van der Waals surface area contributed by atoms with E-state index >= 15 is 0 Å². The van der Waals surface area contributed by atoms with E-state index in [1.54, 1.807) is 0 Å². The Kier molecular flexibility index (Phi) is 4.31. The lowest BCUT2D eigenvalue weighted by Crippen LogP contribution is -2.20. The lowest BCUT2D eigenvalue weighted by Gasteiger charge is -2.13. The molecule has 0 fully saturated rings. The predicted octanol–water partition coefficient (Wildman–Crippen LogP) is 2.48. The lowest BCUT2D eigenvalue weighted by atomic mass is 9.96. The molecule has 2 rings (SSSR count). The van der Waals surface area contributed by atoms with Crippen LogP contribution in [-0.2, 0) is 17.9 Å². The molecule has 0 spiro atoms. The second-order valence-corrected chi connectivity index (χ2v) is 4.38. The van der Waals surface area contributed by atoms with E-state index in [0.29, 0.717) is 6.54 Å². The topological polar surface area (TPSA) is 49.3 Å². The summed E-state index contributed by atoms with van der Waals surface area (Å²) in [7, 11) is 0. The molecule has 0 radical (unpaired) electrons. The van der Waals surface area contributed by atoms with E-state index in [4.69, 9.17) is 0 Å². The molecule has 2 N–H and O–H groups in total. The van der Waals surface area contributed by atoms with Gasteiger partial charge in [-0.1, -0.05) is 48.5 Å². The van der Waals surface area contributed by atoms with Crippen LogP contribution in [0.4, 0.5) is 0 Å². The van der Waals surface area contributed by atoms with Crippen LogP contribution in [0.1, 0.15) is 18.1 Å². The summed E-state index contributed by atoms with van der Waals surface area (Å²) >= 11 is 0. The Morgan fingerprint density at radius 1 is 1.11 bits per heavy atom. The highest BCUT2D eigenvalue weighted by Crippen LogP contribution is 2.26. The predicted molar refractivity (Wildman–Crippen MR) is 75.3 cm³/mol. The van der Waals surface area contributed by atoms with Gasteiger partial charge in [-0.05, 0) is 22.3 Å². The molecule has 2 aromatic rings. The third-order valence-corrected chi connectivity index (χ3v) is 3.04. The Morgan fingerprint density at radius 3 is 2.47 bits per heavy atom. The van der Waals surface area contributed by atoms with Crippen molar-refractivity contribution in [2.24, 2.45) is 0 Å². The van der Waals surface area contributed by atoms with E-state index in [1.165, 1.54) is 6.92 Å². The van der Waals surface area contributed by atoms with E-state index in [-0.39, 0.29) is 12.5 Å². The quantitative estimate of drug-likeness (QED) is 0.881. The number of aliphatic hydroxyl groups is 1.